The molecule has 0 aromatic carbocycles. The largest absolute Gasteiger partial charge is 0.384 e. The van der Waals surface area contributed by atoms with E-state index in [4.69, 9.17) is 15.0 Å². The molecule has 0 radical (unpaired) electrons. The first-order chi connectivity index (χ1) is 10.3. The number of methoxy groups -OCH3 is 1. The minimum absolute atomic E-state index is 0.408. The molecule has 0 amide bonds. The molecule has 0 aliphatic heterocycles. The number of ether oxygens (including phenoxy) is 1. The first kappa shape index (κ1) is 13.9. The Kier molecular flexibility index (Phi) is 4.10. The Morgan fingerprint density at radius 3 is 2.86 bits per heavy atom. The van der Waals surface area contributed by atoms with E-state index in [0.717, 1.165) is 18.7 Å². The maximum Gasteiger partial charge on any atom is 0.229 e. The summed E-state index contributed by atoms with van der Waals surface area (Å²) in [6.07, 6.45) is 7.03. The van der Waals surface area contributed by atoms with Crippen molar-refractivity contribution >= 4 is 5.82 Å². The minimum atomic E-state index is 0.408. The lowest BCUT2D eigenvalue weighted by molar-refractivity contribution is 0.192. The third kappa shape index (κ3) is 3.02. The van der Waals surface area contributed by atoms with Gasteiger partial charge in [-0.15, -0.1) is 0 Å². The predicted octanol–water partition coefficient (Wildman–Crippen LogP) is 1.96. The van der Waals surface area contributed by atoms with Gasteiger partial charge in [-0.25, -0.2) is 9.97 Å². The standard InChI is InChI=1S/C14H19N5O2/c1-20-7-6-11-17-14(19-21-11)10-8-16-13(18-12(10)15)9-4-2-3-5-9/h8-9H,2-7H2,1H3,(H2,15,16,18). The number of hydrogen-bond donors (Lipinski definition) is 1. The first-order valence-electron chi connectivity index (χ1n) is 7.22. The van der Waals surface area contributed by atoms with Crippen molar-refractivity contribution in [2.24, 2.45) is 0 Å². The van der Waals surface area contributed by atoms with Gasteiger partial charge in [0.25, 0.3) is 0 Å². The molecular formula is C14H19N5O2. The van der Waals surface area contributed by atoms with Crippen LogP contribution in [0.15, 0.2) is 10.7 Å². The molecule has 1 aliphatic rings. The van der Waals surface area contributed by atoms with Crippen LogP contribution in [0.25, 0.3) is 11.4 Å². The molecule has 2 aromatic heterocycles. The zero-order chi connectivity index (χ0) is 14.7. The smallest absolute Gasteiger partial charge is 0.229 e. The van der Waals surface area contributed by atoms with Gasteiger partial charge in [-0.05, 0) is 12.8 Å². The highest BCUT2D eigenvalue weighted by atomic mass is 16.5. The molecule has 1 fully saturated rings. The molecular weight excluding hydrogens is 270 g/mol. The van der Waals surface area contributed by atoms with Crippen molar-refractivity contribution in [1.82, 2.24) is 20.1 Å². The van der Waals surface area contributed by atoms with Gasteiger partial charge >= 0.3 is 0 Å². The summed E-state index contributed by atoms with van der Waals surface area (Å²) in [6, 6.07) is 0. The Balaban J connectivity index is 1.80. The summed E-state index contributed by atoms with van der Waals surface area (Å²) < 4.78 is 10.1. The van der Waals surface area contributed by atoms with Crippen molar-refractivity contribution < 1.29 is 9.26 Å². The Morgan fingerprint density at radius 2 is 2.14 bits per heavy atom. The van der Waals surface area contributed by atoms with Crippen LogP contribution in [0.4, 0.5) is 5.82 Å². The summed E-state index contributed by atoms with van der Waals surface area (Å²) in [5, 5.41) is 3.93. The van der Waals surface area contributed by atoms with E-state index in [1.54, 1.807) is 13.3 Å². The van der Waals surface area contributed by atoms with Crippen molar-refractivity contribution in [2.45, 2.75) is 38.0 Å². The number of hydrogen-bond acceptors (Lipinski definition) is 7. The molecule has 0 bridgehead atoms. The van der Waals surface area contributed by atoms with Crippen LogP contribution in [0.1, 0.15) is 43.3 Å². The lowest BCUT2D eigenvalue weighted by Gasteiger charge is -2.08. The third-order valence-corrected chi connectivity index (χ3v) is 3.79. The van der Waals surface area contributed by atoms with Gasteiger partial charge < -0.3 is 15.0 Å². The van der Waals surface area contributed by atoms with E-state index in [1.807, 2.05) is 0 Å². The Bertz CT molecular complexity index is 607. The van der Waals surface area contributed by atoms with Crippen LogP contribution in [0.2, 0.25) is 0 Å². The number of nitrogens with two attached hydrogens (primary N) is 1. The highest BCUT2D eigenvalue weighted by Crippen LogP contribution is 2.33. The van der Waals surface area contributed by atoms with Crippen LogP contribution in [0.5, 0.6) is 0 Å². The molecule has 0 atom stereocenters. The topological polar surface area (TPSA) is 100.0 Å². The summed E-state index contributed by atoms with van der Waals surface area (Å²) in [7, 11) is 1.63. The second-order valence-corrected chi connectivity index (χ2v) is 5.26. The Morgan fingerprint density at radius 1 is 1.33 bits per heavy atom. The fraction of sp³-hybridized carbons (Fsp3) is 0.571. The van der Waals surface area contributed by atoms with Gasteiger partial charge in [0.2, 0.25) is 11.7 Å². The second kappa shape index (κ2) is 6.17. The Hall–Kier alpha value is -2.02. The van der Waals surface area contributed by atoms with Gasteiger partial charge in [0.05, 0.1) is 18.6 Å². The van der Waals surface area contributed by atoms with Crippen molar-refractivity contribution in [3.8, 4) is 11.4 Å². The molecule has 7 heteroatoms. The number of aromatic nitrogens is 4. The third-order valence-electron chi connectivity index (χ3n) is 3.79. The predicted molar refractivity (Wildman–Crippen MR) is 76.5 cm³/mol. The zero-order valence-electron chi connectivity index (χ0n) is 12.1. The fourth-order valence-corrected chi connectivity index (χ4v) is 2.62. The van der Waals surface area contributed by atoms with E-state index in [-0.39, 0.29) is 0 Å². The highest BCUT2D eigenvalue weighted by Gasteiger charge is 2.21. The maximum atomic E-state index is 6.03. The molecule has 21 heavy (non-hydrogen) atoms. The van der Waals surface area contributed by atoms with Gasteiger partial charge in [-0.3, -0.25) is 0 Å². The van der Waals surface area contributed by atoms with Crippen LogP contribution in [-0.4, -0.2) is 33.8 Å². The number of nitrogen functional groups attached to an aromatic ring is 1. The van der Waals surface area contributed by atoms with Crippen LogP contribution in [-0.2, 0) is 11.2 Å². The van der Waals surface area contributed by atoms with E-state index in [0.29, 0.717) is 42.0 Å². The normalized spacial score (nSPS) is 15.7. The van der Waals surface area contributed by atoms with Crippen molar-refractivity contribution in [3.05, 3.63) is 17.9 Å². The molecule has 3 rings (SSSR count). The summed E-state index contributed by atoms with van der Waals surface area (Å²) >= 11 is 0. The van der Waals surface area contributed by atoms with Gasteiger partial charge in [0.15, 0.2) is 0 Å². The summed E-state index contributed by atoms with van der Waals surface area (Å²) in [5.41, 5.74) is 6.65. The fourth-order valence-electron chi connectivity index (χ4n) is 2.62. The van der Waals surface area contributed by atoms with Crippen LogP contribution >= 0.6 is 0 Å². The molecule has 2 aromatic rings. The molecule has 7 nitrogen and oxygen atoms in total. The first-order valence-corrected chi connectivity index (χ1v) is 7.22. The summed E-state index contributed by atoms with van der Waals surface area (Å²) in [6.45, 7) is 0.536. The van der Waals surface area contributed by atoms with Gasteiger partial charge in [0.1, 0.15) is 11.6 Å². The quantitative estimate of drug-likeness (QED) is 0.897. The zero-order valence-corrected chi connectivity index (χ0v) is 12.1. The van der Waals surface area contributed by atoms with Crippen LogP contribution < -0.4 is 5.73 Å². The van der Waals surface area contributed by atoms with E-state index in [9.17, 15) is 0 Å². The van der Waals surface area contributed by atoms with E-state index in [1.165, 1.54) is 12.8 Å². The molecule has 2 heterocycles. The molecule has 2 N–H and O–H groups in total. The van der Waals surface area contributed by atoms with E-state index in [2.05, 4.69) is 20.1 Å². The molecule has 1 saturated carbocycles. The number of rotatable bonds is 5. The average Bonchev–Trinajstić information content (AvgIpc) is 3.16. The van der Waals surface area contributed by atoms with Gasteiger partial charge in [0, 0.05) is 19.2 Å². The summed E-state index contributed by atoms with van der Waals surface area (Å²) in [5.74, 6) is 2.62. The molecule has 1 aliphatic carbocycles. The molecule has 0 saturated heterocycles. The molecule has 112 valence electrons. The molecule has 0 unspecified atom stereocenters. The lowest BCUT2D eigenvalue weighted by atomic mass is 10.1. The maximum absolute atomic E-state index is 6.03. The lowest BCUT2D eigenvalue weighted by Crippen LogP contribution is -2.05. The Labute approximate surface area is 122 Å². The number of anilines is 1. The van der Waals surface area contributed by atoms with E-state index < -0.39 is 0 Å². The van der Waals surface area contributed by atoms with Crippen LogP contribution in [0, 0.1) is 0 Å². The van der Waals surface area contributed by atoms with Crippen molar-refractivity contribution in [1.29, 1.82) is 0 Å². The van der Waals surface area contributed by atoms with Crippen molar-refractivity contribution in [3.63, 3.8) is 0 Å². The minimum Gasteiger partial charge on any atom is -0.384 e. The highest BCUT2D eigenvalue weighted by molar-refractivity contribution is 5.66. The van der Waals surface area contributed by atoms with Crippen LogP contribution in [0.3, 0.4) is 0 Å². The van der Waals surface area contributed by atoms with Gasteiger partial charge in [-0.1, -0.05) is 18.0 Å². The van der Waals surface area contributed by atoms with E-state index >= 15 is 0 Å². The van der Waals surface area contributed by atoms with Crippen molar-refractivity contribution in [2.75, 3.05) is 19.5 Å². The SMILES string of the molecule is COCCc1nc(-c2cnc(C3CCCC3)nc2N)no1. The van der Waals surface area contributed by atoms with Gasteiger partial charge in [-0.2, -0.15) is 4.98 Å². The molecule has 0 spiro atoms. The summed E-state index contributed by atoms with van der Waals surface area (Å²) in [4.78, 5) is 13.1. The second-order valence-electron chi connectivity index (χ2n) is 5.26. The average molecular weight is 289 g/mol. The number of nitrogens with zero attached hydrogens (tertiary/aromatic N) is 4. The monoisotopic (exact) mass is 289 g/mol.